The van der Waals surface area contributed by atoms with Crippen molar-refractivity contribution in [2.45, 2.75) is 12.6 Å². The summed E-state index contributed by atoms with van der Waals surface area (Å²) in [4.78, 5) is 8.17. The lowest BCUT2D eigenvalue weighted by atomic mass is 10.0. The van der Waals surface area contributed by atoms with Gasteiger partial charge in [0.25, 0.3) is 0 Å². The van der Waals surface area contributed by atoms with Crippen LogP contribution < -0.4 is 11.1 Å². The molecule has 7 heteroatoms. The molecule has 5 nitrogen and oxygen atoms in total. The molecular weight excluding hydrogens is 440 g/mol. The number of H-pyrrole nitrogens is 1. The van der Waals surface area contributed by atoms with Crippen LogP contribution in [0.15, 0.2) is 53.1 Å². The van der Waals surface area contributed by atoms with Crippen LogP contribution in [0.5, 0.6) is 0 Å². The second-order valence-electron chi connectivity index (χ2n) is 6.74. The van der Waals surface area contributed by atoms with Crippen molar-refractivity contribution in [3.05, 3.63) is 63.7 Å². The summed E-state index contributed by atoms with van der Waals surface area (Å²) in [5.41, 5.74) is 10.4. The van der Waals surface area contributed by atoms with Crippen LogP contribution in [-0.4, -0.2) is 34.3 Å². The van der Waals surface area contributed by atoms with Crippen LogP contribution in [0, 0.1) is 0 Å². The number of aliphatic hydroxyl groups is 1. The maximum Gasteiger partial charge on any atom is 0.0786 e. The summed E-state index contributed by atoms with van der Waals surface area (Å²) in [6.45, 7) is 1.26. The highest BCUT2D eigenvalue weighted by Crippen LogP contribution is 2.32. The van der Waals surface area contributed by atoms with Crippen LogP contribution in [0.4, 0.5) is 0 Å². The smallest absolute Gasteiger partial charge is 0.0786 e. The third-order valence-electron chi connectivity index (χ3n) is 4.74. The highest BCUT2D eigenvalue weighted by atomic mass is 79.9. The lowest BCUT2D eigenvalue weighted by Crippen LogP contribution is -2.32. The van der Waals surface area contributed by atoms with Gasteiger partial charge in [-0.05, 0) is 42.0 Å². The van der Waals surface area contributed by atoms with E-state index in [0.717, 1.165) is 43.1 Å². The summed E-state index contributed by atoms with van der Waals surface area (Å²) in [7, 11) is 0. The lowest BCUT2D eigenvalue weighted by molar-refractivity contribution is 0.179. The predicted molar refractivity (Wildman–Crippen MR) is 119 cm³/mol. The molecule has 0 saturated carbocycles. The van der Waals surface area contributed by atoms with Crippen LogP contribution >= 0.6 is 27.5 Å². The van der Waals surface area contributed by atoms with Gasteiger partial charge in [0, 0.05) is 57.2 Å². The number of halogens is 2. The van der Waals surface area contributed by atoms with Crippen molar-refractivity contribution in [2.75, 3.05) is 13.1 Å². The third kappa shape index (κ3) is 3.92. The maximum absolute atomic E-state index is 9.71. The molecule has 2 aromatic carbocycles. The minimum atomic E-state index is -0.562. The molecule has 0 spiro atoms. The number of aromatic amines is 1. The fraction of sp³-hybridized carbons (Fsp3) is 0.190. The molecule has 0 aliphatic carbocycles. The number of aliphatic hydroxyl groups excluding tert-OH is 1. The van der Waals surface area contributed by atoms with Crippen LogP contribution in [0.2, 0.25) is 5.02 Å². The van der Waals surface area contributed by atoms with Crippen molar-refractivity contribution in [2.24, 2.45) is 5.73 Å². The Kier molecular flexibility index (Phi) is 5.66. The normalized spacial score (nSPS) is 12.7. The molecule has 2 heterocycles. The number of nitrogens with zero attached hydrogens (tertiary/aromatic N) is 1. The molecule has 2 aromatic heterocycles. The molecule has 1 atom stereocenters. The van der Waals surface area contributed by atoms with E-state index in [1.54, 1.807) is 0 Å². The molecule has 4 aromatic rings. The van der Waals surface area contributed by atoms with Gasteiger partial charge in [0.1, 0.15) is 0 Å². The number of aromatic nitrogens is 2. The summed E-state index contributed by atoms with van der Waals surface area (Å²) in [6, 6.07) is 13.9. The summed E-state index contributed by atoms with van der Waals surface area (Å²) >= 11 is 9.76. The molecule has 0 aliphatic rings. The van der Waals surface area contributed by atoms with E-state index in [4.69, 9.17) is 22.3 Å². The van der Waals surface area contributed by atoms with Crippen molar-refractivity contribution in [1.29, 1.82) is 0 Å². The highest BCUT2D eigenvalue weighted by Gasteiger charge is 2.13. The molecule has 0 radical (unpaired) electrons. The van der Waals surface area contributed by atoms with E-state index in [2.05, 4.69) is 38.4 Å². The molecular formula is C21H20BrClN4O. The molecule has 1 unspecified atom stereocenters. The van der Waals surface area contributed by atoms with E-state index in [9.17, 15) is 5.11 Å². The second kappa shape index (κ2) is 8.19. The quantitative estimate of drug-likeness (QED) is 0.348. The molecule has 5 N–H and O–H groups in total. The van der Waals surface area contributed by atoms with Gasteiger partial charge in [0.15, 0.2) is 0 Å². The van der Waals surface area contributed by atoms with Crippen LogP contribution in [0.1, 0.15) is 5.56 Å². The summed E-state index contributed by atoms with van der Waals surface area (Å²) in [5, 5.41) is 15.8. The van der Waals surface area contributed by atoms with Gasteiger partial charge >= 0.3 is 0 Å². The number of fused-ring (bicyclic) bond motifs is 2. The Morgan fingerprint density at radius 2 is 2.04 bits per heavy atom. The van der Waals surface area contributed by atoms with E-state index in [-0.39, 0.29) is 6.54 Å². The van der Waals surface area contributed by atoms with Crippen LogP contribution in [0.25, 0.3) is 33.1 Å². The molecule has 28 heavy (non-hydrogen) atoms. The van der Waals surface area contributed by atoms with E-state index < -0.39 is 6.10 Å². The number of hydrogen-bond acceptors (Lipinski definition) is 4. The monoisotopic (exact) mass is 458 g/mol. The van der Waals surface area contributed by atoms with Crippen LogP contribution in [-0.2, 0) is 6.54 Å². The third-order valence-corrected chi connectivity index (χ3v) is 5.47. The van der Waals surface area contributed by atoms with Gasteiger partial charge in [-0.3, -0.25) is 0 Å². The van der Waals surface area contributed by atoms with Gasteiger partial charge in [-0.1, -0.05) is 33.6 Å². The topological polar surface area (TPSA) is 87.0 Å². The minimum Gasteiger partial charge on any atom is -0.390 e. The van der Waals surface area contributed by atoms with Crippen molar-refractivity contribution in [3.8, 4) is 11.3 Å². The molecule has 0 amide bonds. The first-order chi connectivity index (χ1) is 13.5. The zero-order valence-electron chi connectivity index (χ0n) is 15.0. The highest BCUT2D eigenvalue weighted by molar-refractivity contribution is 9.10. The fourth-order valence-electron chi connectivity index (χ4n) is 3.32. The van der Waals surface area contributed by atoms with Crippen molar-refractivity contribution < 1.29 is 5.11 Å². The van der Waals surface area contributed by atoms with E-state index in [0.29, 0.717) is 18.1 Å². The Hall–Kier alpha value is -1.96. The Balaban J connectivity index is 1.80. The number of benzene rings is 2. The molecule has 0 fully saturated rings. The molecule has 0 aliphatic heterocycles. The SMILES string of the molecule is NCC(O)CNCc1cc(-c2c[nH]c3ccc(Br)cc23)nc2cc(Cl)ccc12. The van der Waals surface area contributed by atoms with Gasteiger partial charge in [0.2, 0.25) is 0 Å². The Bertz CT molecular complexity index is 1140. The Morgan fingerprint density at radius 3 is 2.86 bits per heavy atom. The number of pyridine rings is 1. The molecule has 4 rings (SSSR count). The standard InChI is InChI=1S/C21H20BrClN4O/c22-13-1-4-19-17(6-13)18(11-26-19)20-5-12(9-25-10-15(28)8-24)16-3-2-14(23)7-21(16)27-20/h1-7,11,15,25-26,28H,8-10,24H2. The number of nitrogens with one attached hydrogen (secondary N) is 2. The van der Waals surface area contributed by atoms with Gasteiger partial charge in [-0.2, -0.15) is 0 Å². The first-order valence-corrected chi connectivity index (χ1v) is 10.2. The van der Waals surface area contributed by atoms with E-state index in [1.807, 2.05) is 36.5 Å². The molecule has 0 bridgehead atoms. The first kappa shape index (κ1) is 19.4. The number of hydrogen-bond donors (Lipinski definition) is 4. The fourth-order valence-corrected chi connectivity index (χ4v) is 3.85. The first-order valence-electron chi connectivity index (χ1n) is 9.00. The lowest BCUT2D eigenvalue weighted by Gasteiger charge is -2.13. The van der Waals surface area contributed by atoms with Gasteiger partial charge in [-0.25, -0.2) is 4.98 Å². The van der Waals surface area contributed by atoms with Crippen molar-refractivity contribution >= 4 is 49.3 Å². The average molecular weight is 460 g/mol. The minimum absolute atomic E-state index is 0.231. The molecule has 144 valence electrons. The summed E-state index contributed by atoms with van der Waals surface area (Å²) in [5.74, 6) is 0. The second-order valence-corrected chi connectivity index (χ2v) is 8.09. The van der Waals surface area contributed by atoms with Crippen molar-refractivity contribution in [1.82, 2.24) is 15.3 Å². The van der Waals surface area contributed by atoms with Crippen molar-refractivity contribution in [3.63, 3.8) is 0 Å². The maximum atomic E-state index is 9.71. The van der Waals surface area contributed by atoms with Crippen LogP contribution in [0.3, 0.4) is 0 Å². The Labute approximate surface area is 176 Å². The zero-order chi connectivity index (χ0) is 19.7. The zero-order valence-corrected chi connectivity index (χ0v) is 17.4. The average Bonchev–Trinajstić information content (AvgIpc) is 3.10. The number of nitrogens with two attached hydrogens (primary N) is 1. The number of rotatable bonds is 6. The van der Waals surface area contributed by atoms with Gasteiger partial charge in [0.05, 0.1) is 17.3 Å². The Morgan fingerprint density at radius 1 is 1.18 bits per heavy atom. The van der Waals surface area contributed by atoms with E-state index >= 15 is 0 Å². The summed E-state index contributed by atoms with van der Waals surface area (Å²) < 4.78 is 1.02. The summed E-state index contributed by atoms with van der Waals surface area (Å²) in [6.07, 6.45) is 1.42. The predicted octanol–water partition coefficient (Wildman–Crippen LogP) is 4.21. The molecule has 0 saturated heterocycles. The largest absolute Gasteiger partial charge is 0.390 e. The van der Waals surface area contributed by atoms with Gasteiger partial charge < -0.3 is 21.1 Å². The van der Waals surface area contributed by atoms with E-state index in [1.165, 1.54) is 0 Å². The van der Waals surface area contributed by atoms with Gasteiger partial charge in [-0.15, -0.1) is 0 Å².